The molecule has 0 aromatic heterocycles. The van der Waals surface area contributed by atoms with Crippen molar-refractivity contribution in [2.24, 2.45) is 17.8 Å². The van der Waals surface area contributed by atoms with E-state index in [1.54, 1.807) is 0 Å². The number of benzene rings is 1. The molecule has 0 spiro atoms. The second-order valence-corrected chi connectivity index (χ2v) is 8.73. The van der Waals surface area contributed by atoms with Gasteiger partial charge in [0, 0.05) is 38.8 Å². The van der Waals surface area contributed by atoms with Gasteiger partial charge < -0.3 is 5.32 Å². The molecule has 1 aromatic carbocycles. The number of carbonyl (C=O) groups is 1. The van der Waals surface area contributed by atoms with Crippen LogP contribution in [0.15, 0.2) is 30.3 Å². The molecule has 2 bridgehead atoms. The number of piperazine rings is 1. The van der Waals surface area contributed by atoms with Gasteiger partial charge in [0.1, 0.15) is 0 Å². The Morgan fingerprint density at radius 3 is 2.41 bits per heavy atom. The highest BCUT2D eigenvalue weighted by atomic mass is 35.5. The molecule has 3 fully saturated rings. The van der Waals surface area contributed by atoms with Gasteiger partial charge in [-0.05, 0) is 49.5 Å². The van der Waals surface area contributed by atoms with Crippen LogP contribution < -0.4 is 5.32 Å². The standard InChI is InChI=1S/C22H33N3O.ClH/c1-17(21-14-19-7-8-20(21)13-19)23-22(26)16-25-11-9-24(10-12-25)15-18-5-3-2-4-6-18;/h2-6,17,19-21H,7-16H2,1H3,(H,23,26);1H. The third kappa shape index (κ3) is 5.24. The van der Waals surface area contributed by atoms with Crippen LogP contribution in [-0.4, -0.2) is 54.5 Å². The van der Waals surface area contributed by atoms with Crippen LogP contribution in [0.25, 0.3) is 0 Å². The molecule has 2 saturated carbocycles. The fraction of sp³-hybridized carbons (Fsp3) is 0.682. The summed E-state index contributed by atoms with van der Waals surface area (Å²) in [7, 11) is 0. The summed E-state index contributed by atoms with van der Waals surface area (Å²) in [5.74, 6) is 2.76. The average Bonchev–Trinajstić information content (AvgIpc) is 3.28. The quantitative estimate of drug-likeness (QED) is 0.809. The van der Waals surface area contributed by atoms with Crippen molar-refractivity contribution in [1.29, 1.82) is 0 Å². The van der Waals surface area contributed by atoms with E-state index in [2.05, 4.69) is 52.4 Å². The van der Waals surface area contributed by atoms with Crippen LogP contribution in [-0.2, 0) is 11.3 Å². The minimum absolute atomic E-state index is 0. The molecule has 4 rings (SSSR count). The largest absolute Gasteiger partial charge is 0.352 e. The molecule has 4 unspecified atom stereocenters. The highest BCUT2D eigenvalue weighted by Gasteiger charge is 2.42. The first-order valence-electron chi connectivity index (χ1n) is 10.5. The zero-order valence-corrected chi connectivity index (χ0v) is 17.3. The van der Waals surface area contributed by atoms with E-state index in [0.29, 0.717) is 12.6 Å². The Hall–Kier alpha value is -1.10. The number of nitrogens with zero attached hydrogens (tertiary/aromatic N) is 2. The average molecular weight is 392 g/mol. The monoisotopic (exact) mass is 391 g/mol. The molecule has 2 aliphatic carbocycles. The summed E-state index contributed by atoms with van der Waals surface area (Å²) >= 11 is 0. The van der Waals surface area contributed by atoms with Gasteiger partial charge in [-0.25, -0.2) is 0 Å². The molecule has 1 heterocycles. The second kappa shape index (κ2) is 9.40. The molecule has 1 N–H and O–H groups in total. The van der Waals surface area contributed by atoms with Crippen molar-refractivity contribution in [2.45, 2.75) is 45.2 Å². The number of fused-ring (bicyclic) bond motifs is 2. The third-order valence-corrected chi connectivity index (χ3v) is 6.90. The van der Waals surface area contributed by atoms with Crippen molar-refractivity contribution in [1.82, 2.24) is 15.1 Å². The maximum absolute atomic E-state index is 12.5. The Bertz CT molecular complexity index is 603. The number of nitrogens with one attached hydrogen (secondary N) is 1. The highest BCUT2D eigenvalue weighted by molar-refractivity contribution is 5.85. The molecule has 1 amide bonds. The Labute approximate surface area is 170 Å². The Kier molecular flexibility index (Phi) is 7.18. The summed E-state index contributed by atoms with van der Waals surface area (Å²) < 4.78 is 0. The molecule has 5 heteroatoms. The van der Waals surface area contributed by atoms with E-state index in [9.17, 15) is 4.79 Å². The van der Waals surface area contributed by atoms with Crippen molar-refractivity contribution in [3.05, 3.63) is 35.9 Å². The molecular weight excluding hydrogens is 358 g/mol. The molecular formula is C22H34ClN3O. The smallest absolute Gasteiger partial charge is 0.234 e. The maximum Gasteiger partial charge on any atom is 0.234 e. The molecule has 3 aliphatic rings. The first-order chi connectivity index (χ1) is 12.7. The lowest BCUT2D eigenvalue weighted by molar-refractivity contribution is -0.123. The first-order valence-corrected chi connectivity index (χ1v) is 10.5. The van der Waals surface area contributed by atoms with Crippen LogP contribution in [0.5, 0.6) is 0 Å². The summed E-state index contributed by atoms with van der Waals surface area (Å²) in [5, 5.41) is 3.31. The predicted molar refractivity (Wildman–Crippen MR) is 112 cm³/mol. The van der Waals surface area contributed by atoms with E-state index in [4.69, 9.17) is 0 Å². The van der Waals surface area contributed by atoms with Gasteiger partial charge in [-0.1, -0.05) is 36.8 Å². The Morgan fingerprint density at radius 2 is 1.78 bits per heavy atom. The van der Waals surface area contributed by atoms with Crippen molar-refractivity contribution in [2.75, 3.05) is 32.7 Å². The van der Waals surface area contributed by atoms with E-state index < -0.39 is 0 Å². The number of carbonyl (C=O) groups excluding carboxylic acids is 1. The number of halogens is 1. The summed E-state index contributed by atoms with van der Waals surface area (Å²) in [5.41, 5.74) is 1.37. The number of amides is 1. The topological polar surface area (TPSA) is 35.6 Å². The summed E-state index contributed by atoms with van der Waals surface area (Å²) in [6, 6.07) is 11.0. The predicted octanol–water partition coefficient (Wildman–Crippen LogP) is 3.17. The number of rotatable bonds is 6. The molecule has 0 radical (unpaired) electrons. The Balaban J connectivity index is 0.00000210. The molecule has 150 valence electrons. The van der Waals surface area contributed by atoms with Crippen LogP contribution in [0.2, 0.25) is 0 Å². The highest BCUT2D eigenvalue weighted by Crippen LogP contribution is 2.49. The molecule has 1 aromatic rings. The van der Waals surface area contributed by atoms with Gasteiger partial charge in [-0.2, -0.15) is 0 Å². The number of hydrogen-bond donors (Lipinski definition) is 1. The normalized spacial score (nSPS) is 29.3. The van der Waals surface area contributed by atoms with Crippen LogP contribution in [0.1, 0.15) is 38.2 Å². The van der Waals surface area contributed by atoms with E-state index >= 15 is 0 Å². The van der Waals surface area contributed by atoms with Crippen molar-refractivity contribution in [3.8, 4) is 0 Å². The molecule has 4 atom stereocenters. The van der Waals surface area contributed by atoms with E-state index in [1.807, 2.05) is 0 Å². The van der Waals surface area contributed by atoms with E-state index in [1.165, 1.54) is 31.2 Å². The van der Waals surface area contributed by atoms with Gasteiger partial charge in [-0.3, -0.25) is 14.6 Å². The zero-order chi connectivity index (χ0) is 17.9. The number of hydrogen-bond acceptors (Lipinski definition) is 3. The minimum atomic E-state index is 0. The molecule has 1 aliphatic heterocycles. The summed E-state index contributed by atoms with van der Waals surface area (Å²) in [6.45, 7) is 7.87. The van der Waals surface area contributed by atoms with Gasteiger partial charge in [-0.15, -0.1) is 12.4 Å². The first kappa shape index (κ1) is 20.6. The van der Waals surface area contributed by atoms with Gasteiger partial charge in [0.15, 0.2) is 0 Å². The lowest BCUT2D eigenvalue weighted by Gasteiger charge is -2.35. The van der Waals surface area contributed by atoms with Gasteiger partial charge in [0.25, 0.3) is 0 Å². The summed E-state index contributed by atoms with van der Waals surface area (Å²) in [4.78, 5) is 17.3. The van der Waals surface area contributed by atoms with Gasteiger partial charge >= 0.3 is 0 Å². The second-order valence-electron chi connectivity index (χ2n) is 8.73. The molecule has 1 saturated heterocycles. The lowest BCUT2D eigenvalue weighted by Crippen LogP contribution is -2.50. The minimum Gasteiger partial charge on any atom is -0.352 e. The van der Waals surface area contributed by atoms with Crippen LogP contribution in [0, 0.1) is 17.8 Å². The molecule has 27 heavy (non-hydrogen) atoms. The fourth-order valence-corrected chi connectivity index (χ4v) is 5.46. The fourth-order valence-electron chi connectivity index (χ4n) is 5.46. The molecule has 4 nitrogen and oxygen atoms in total. The van der Waals surface area contributed by atoms with E-state index in [-0.39, 0.29) is 18.3 Å². The maximum atomic E-state index is 12.5. The van der Waals surface area contributed by atoms with Crippen molar-refractivity contribution < 1.29 is 4.79 Å². The van der Waals surface area contributed by atoms with Crippen molar-refractivity contribution in [3.63, 3.8) is 0 Å². The van der Waals surface area contributed by atoms with Gasteiger partial charge in [0.2, 0.25) is 5.91 Å². The van der Waals surface area contributed by atoms with E-state index in [0.717, 1.165) is 50.5 Å². The van der Waals surface area contributed by atoms with Crippen LogP contribution >= 0.6 is 12.4 Å². The van der Waals surface area contributed by atoms with Crippen LogP contribution in [0.4, 0.5) is 0 Å². The van der Waals surface area contributed by atoms with Crippen molar-refractivity contribution >= 4 is 18.3 Å². The zero-order valence-electron chi connectivity index (χ0n) is 16.5. The SMILES string of the molecule is CC(NC(=O)CN1CCN(Cc2ccccc2)CC1)C1CC2CCC1C2.Cl. The summed E-state index contributed by atoms with van der Waals surface area (Å²) in [6.07, 6.45) is 5.56. The Morgan fingerprint density at radius 1 is 1.07 bits per heavy atom. The third-order valence-electron chi connectivity index (χ3n) is 6.90. The van der Waals surface area contributed by atoms with Gasteiger partial charge in [0.05, 0.1) is 6.54 Å². The van der Waals surface area contributed by atoms with Crippen LogP contribution in [0.3, 0.4) is 0 Å². The lowest BCUT2D eigenvalue weighted by atomic mass is 9.84.